The lowest BCUT2D eigenvalue weighted by Gasteiger charge is -2.05. The molecular formula is C15H19N3O2. The Morgan fingerprint density at radius 1 is 1.30 bits per heavy atom. The van der Waals surface area contributed by atoms with Crippen LogP contribution in [0.2, 0.25) is 0 Å². The monoisotopic (exact) mass is 273 g/mol. The molecule has 20 heavy (non-hydrogen) atoms. The van der Waals surface area contributed by atoms with Crippen molar-refractivity contribution in [3.63, 3.8) is 0 Å². The van der Waals surface area contributed by atoms with Crippen molar-refractivity contribution in [1.82, 2.24) is 9.78 Å². The van der Waals surface area contributed by atoms with Crippen molar-refractivity contribution in [1.29, 1.82) is 0 Å². The molecule has 0 spiro atoms. The molecule has 106 valence electrons. The van der Waals surface area contributed by atoms with Gasteiger partial charge in [-0.05, 0) is 30.5 Å². The summed E-state index contributed by atoms with van der Waals surface area (Å²) in [5, 5.41) is 4.54. The average molecular weight is 273 g/mol. The van der Waals surface area contributed by atoms with Gasteiger partial charge in [0.25, 0.3) is 0 Å². The fourth-order valence-corrected chi connectivity index (χ4v) is 2.48. The summed E-state index contributed by atoms with van der Waals surface area (Å²) >= 11 is 0. The minimum absolute atomic E-state index is 0.282. The number of unbranched alkanes of at least 4 members (excludes halogenated alkanes) is 1. The highest BCUT2D eigenvalue weighted by molar-refractivity contribution is 5.78. The van der Waals surface area contributed by atoms with E-state index in [4.69, 9.17) is 15.2 Å². The van der Waals surface area contributed by atoms with Crippen molar-refractivity contribution < 1.29 is 9.47 Å². The van der Waals surface area contributed by atoms with Crippen molar-refractivity contribution in [3.8, 4) is 22.6 Å². The van der Waals surface area contributed by atoms with E-state index in [-0.39, 0.29) is 6.79 Å². The van der Waals surface area contributed by atoms with Crippen molar-refractivity contribution in [2.24, 2.45) is 7.05 Å². The minimum Gasteiger partial charge on any atom is -0.454 e. The molecule has 2 N–H and O–H groups in total. The molecule has 1 aromatic carbocycles. The highest BCUT2D eigenvalue weighted by atomic mass is 16.7. The fourth-order valence-electron chi connectivity index (χ4n) is 2.48. The second-order valence-corrected chi connectivity index (χ2v) is 5.00. The lowest BCUT2D eigenvalue weighted by Crippen LogP contribution is -1.98. The van der Waals surface area contributed by atoms with Gasteiger partial charge in [-0.25, -0.2) is 0 Å². The highest BCUT2D eigenvalue weighted by Crippen LogP contribution is 2.38. The van der Waals surface area contributed by atoms with Crippen LogP contribution in [0.3, 0.4) is 0 Å². The van der Waals surface area contributed by atoms with Crippen LogP contribution < -0.4 is 15.2 Å². The Labute approximate surface area is 118 Å². The molecule has 0 fully saturated rings. The van der Waals surface area contributed by atoms with E-state index in [0.29, 0.717) is 5.82 Å². The maximum Gasteiger partial charge on any atom is 0.231 e. The van der Waals surface area contributed by atoms with Crippen LogP contribution in [0.15, 0.2) is 18.2 Å². The second-order valence-electron chi connectivity index (χ2n) is 5.00. The molecule has 0 saturated heterocycles. The van der Waals surface area contributed by atoms with Gasteiger partial charge in [0.1, 0.15) is 5.82 Å². The lowest BCUT2D eigenvalue weighted by atomic mass is 10.0. The molecule has 2 heterocycles. The van der Waals surface area contributed by atoms with E-state index in [0.717, 1.165) is 47.6 Å². The molecule has 3 rings (SSSR count). The molecule has 1 aliphatic rings. The molecule has 1 aliphatic heterocycles. The number of fused-ring (bicyclic) bond motifs is 1. The van der Waals surface area contributed by atoms with Crippen LogP contribution in [-0.4, -0.2) is 16.6 Å². The number of benzene rings is 1. The second kappa shape index (κ2) is 5.07. The zero-order chi connectivity index (χ0) is 14.1. The molecule has 1 aromatic heterocycles. The van der Waals surface area contributed by atoms with Crippen LogP contribution in [0.4, 0.5) is 5.82 Å². The Hall–Kier alpha value is -2.17. The number of ether oxygens (including phenoxy) is 2. The predicted octanol–water partition coefficient (Wildman–Crippen LogP) is 2.74. The number of nitrogens with two attached hydrogens (primary N) is 1. The molecule has 0 saturated carbocycles. The number of aryl methyl sites for hydroxylation is 2. The topological polar surface area (TPSA) is 62.3 Å². The summed E-state index contributed by atoms with van der Waals surface area (Å²) in [5.41, 5.74) is 9.27. The first-order valence-electron chi connectivity index (χ1n) is 6.92. The van der Waals surface area contributed by atoms with Gasteiger partial charge in [-0.3, -0.25) is 4.68 Å². The molecule has 0 unspecified atom stereocenters. The summed E-state index contributed by atoms with van der Waals surface area (Å²) in [6, 6.07) is 5.91. The molecule has 0 bridgehead atoms. The van der Waals surface area contributed by atoms with Crippen molar-refractivity contribution in [2.75, 3.05) is 12.5 Å². The first-order chi connectivity index (χ1) is 9.70. The Morgan fingerprint density at radius 2 is 2.10 bits per heavy atom. The van der Waals surface area contributed by atoms with Gasteiger partial charge in [0, 0.05) is 12.6 Å². The Kier molecular flexibility index (Phi) is 3.26. The quantitative estimate of drug-likeness (QED) is 0.930. The first-order valence-corrected chi connectivity index (χ1v) is 6.92. The maximum absolute atomic E-state index is 6.18. The van der Waals surface area contributed by atoms with E-state index in [1.54, 1.807) is 4.68 Å². The zero-order valence-corrected chi connectivity index (χ0v) is 11.8. The Morgan fingerprint density at radius 3 is 2.90 bits per heavy atom. The number of nitrogen functional groups attached to an aromatic ring is 1. The summed E-state index contributed by atoms with van der Waals surface area (Å²) < 4.78 is 12.5. The van der Waals surface area contributed by atoms with Gasteiger partial charge in [-0.15, -0.1) is 0 Å². The summed E-state index contributed by atoms with van der Waals surface area (Å²) in [4.78, 5) is 0. The number of anilines is 1. The Balaban J connectivity index is 2.04. The number of nitrogens with zero attached hydrogens (tertiary/aromatic N) is 2. The fraction of sp³-hybridized carbons (Fsp3) is 0.400. The zero-order valence-electron chi connectivity index (χ0n) is 11.8. The van der Waals surface area contributed by atoms with E-state index in [2.05, 4.69) is 12.0 Å². The number of hydrogen-bond acceptors (Lipinski definition) is 4. The number of rotatable bonds is 4. The summed E-state index contributed by atoms with van der Waals surface area (Å²) in [7, 11) is 1.88. The van der Waals surface area contributed by atoms with Crippen LogP contribution in [-0.2, 0) is 13.5 Å². The van der Waals surface area contributed by atoms with Crippen LogP contribution in [0.1, 0.15) is 25.5 Å². The highest BCUT2D eigenvalue weighted by Gasteiger charge is 2.19. The maximum atomic E-state index is 6.18. The van der Waals surface area contributed by atoms with Crippen LogP contribution >= 0.6 is 0 Å². The van der Waals surface area contributed by atoms with Gasteiger partial charge < -0.3 is 15.2 Å². The molecule has 0 radical (unpaired) electrons. The molecular weight excluding hydrogens is 254 g/mol. The van der Waals surface area contributed by atoms with Gasteiger partial charge in [0.05, 0.1) is 5.69 Å². The molecule has 0 aliphatic carbocycles. The third kappa shape index (κ3) is 2.09. The third-order valence-electron chi connectivity index (χ3n) is 3.59. The lowest BCUT2D eigenvalue weighted by molar-refractivity contribution is 0.174. The normalized spacial score (nSPS) is 12.9. The Bertz CT molecular complexity index is 634. The predicted molar refractivity (Wildman–Crippen MR) is 77.8 cm³/mol. The van der Waals surface area contributed by atoms with Crippen molar-refractivity contribution >= 4 is 5.82 Å². The van der Waals surface area contributed by atoms with Gasteiger partial charge in [0.15, 0.2) is 11.5 Å². The number of aromatic nitrogens is 2. The minimum atomic E-state index is 0.282. The molecule has 0 amide bonds. The summed E-state index contributed by atoms with van der Waals surface area (Å²) in [6.45, 7) is 2.45. The molecule has 5 heteroatoms. The van der Waals surface area contributed by atoms with Crippen LogP contribution in [0, 0.1) is 0 Å². The smallest absolute Gasteiger partial charge is 0.231 e. The van der Waals surface area contributed by atoms with E-state index >= 15 is 0 Å². The molecule has 2 aromatic rings. The van der Waals surface area contributed by atoms with E-state index < -0.39 is 0 Å². The third-order valence-corrected chi connectivity index (χ3v) is 3.59. The molecule has 0 atom stereocenters. The summed E-state index contributed by atoms with van der Waals surface area (Å²) in [5.74, 6) is 2.24. The van der Waals surface area contributed by atoms with Gasteiger partial charge in [0.2, 0.25) is 6.79 Å². The average Bonchev–Trinajstić information content (AvgIpc) is 3.01. The van der Waals surface area contributed by atoms with Crippen LogP contribution in [0.25, 0.3) is 11.1 Å². The summed E-state index contributed by atoms with van der Waals surface area (Å²) in [6.07, 6.45) is 3.18. The van der Waals surface area contributed by atoms with E-state index in [9.17, 15) is 0 Å². The largest absolute Gasteiger partial charge is 0.454 e. The SMILES string of the molecule is CCCCc1nn(C)c(N)c1-c1ccc2c(c1)OCO2. The van der Waals surface area contributed by atoms with Gasteiger partial charge in [-0.2, -0.15) is 5.10 Å². The molecule has 5 nitrogen and oxygen atoms in total. The van der Waals surface area contributed by atoms with Crippen molar-refractivity contribution in [2.45, 2.75) is 26.2 Å². The standard InChI is InChI=1S/C15H19N3O2/c1-3-4-5-11-14(15(16)18(2)17-11)10-6-7-12-13(8-10)20-9-19-12/h6-8H,3-5,9,16H2,1-2H3. The van der Waals surface area contributed by atoms with Crippen molar-refractivity contribution in [3.05, 3.63) is 23.9 Å². The van der Waals surface area contributed by atoms with Crippen LogP contribution in [0.5, 0.6) is 11.5 Å². The van der Waals surface area contributed by atoms with Gasteiger partial charge >= 0.3 is 0 Å². The van der Waals surface area contributed by atoms with Gasteiger partial charge in [-0.1, -0.05) is 19.4 Å². The number of hydrogen-bond donors (Lipinski definition) is 1. The first kappa shape index (κ1) is 12.8. The van der Waals surface area contributed by atoms with E-state index in [1.165, 1.54) is 0 Å². The van der Waals surface area contributed by atoms with E-state index in [1.807, 2.05) is 25.2 Å².